The predicted molar refractivity (Wildman–Crippen MR) is 144 cm³/mol. The number of ether oxygens (including phenoxy) is 3. The van der Waals surface area contributed by atoms with Crippen molar-refractivity contribution < 1.29 is 19.0 Å². The minimum absolute atomic E-state index is 0.0180. The number of H-pyrrole nitrogens is 1. The smallest absolute Gasteiger partial charge is 0.330 e. The Balaban J connectivity index is 2.10. The molecule has 4 rings (SSSR count). The van der Waals surface area contributed by atoms with Crippen molar-refractivity contribution >= 4 is 19.2 Å². The molecule has 1 aliphatic rings. The van der Waals surface area contributed by atoms with Gasteiger partial charge in [0.25, 0.3) is 5.56 Å². The number of aryl methyl sites for hydroxylation is 1. The van der Waals surface area contributed by atoms with Crippen molar-refractivity contribution in [2.75, 3.05) is 13.7 Å². The third-order valence-corrected chi connectivity index (χ3v) is 10.3. The van der Waals surface area contributed by atoms with E-state index >= 15 is 0 Å². The second kappa shape index (κ2) is 10.9. The van der Waals surface area contributed by atoms with Crippen LogP contribution in [0.25, 0.3) is 0 Å². The van der Waals surface area contributed by atoms with Crippen LogP contribution in [0.5, 0.6) is 0 Å². The topological polar surface area (TPSA) is 118 Å². The highest BCUT2D eigenvalue weighted by Crippen LogP contribution is 2.41. The summed E-state index contributed by atoms with van der Waals surface area (Å²) in [5.74, 6) is 5.54. The van der Waals surface area contributed by atoms with E-state index in [-0.39, 0.29) is 6.61 Å². The zero-order valence-electron chi connectivity index (χ0n) is 21.8. The van der Waals surface area contributed by atoms with E-state index in [0.29, 0.717) is 5.56 Å². The maximum absolute atomic E-state index is 13.6. The van der Waals surface area contributed by atoms with Crippen LogP contribution >= 0.6 is 0 Å². The number of nitrogens with one attached hydrogen (secondary N) is 1. The molecule has 2 heterocycles. The lowest BCUT2D eigenvalue weighted by Crippen LogP contribution is -2.69. The van der Waals surface area contributed by atoms with E-state index in [9.17, 15) is 9.59 Å². The summed E-state index contributed by atoms with van der Waals surface area (Å²) in [6, 6.07) is 19.9. The standard InChI is InChI=1S/C27H35N3O6Si/c1-18-16-30(25(32)29-24(18)31)27(23(33-5)22(36-26(2,3)4)21(35-27)17-34-28)37(19-12-8-6-9-13-19)20-14-10-7-11-15-20/h6-16,21-23,37H,17,28H2,1-5H3,(H,29,31,32)/t21-,22-,23-,27+/m1/s1. The van der Waals surface area contributed by atoms with E-state index in [1.165, 1.54) is 4.57 Å². The lowest BCUT2D eigenvalue weighted by Gasteiger charge is -2.42. The van der Waals surface area contributed by atoms with E-state index < -0.39 is 49.3 Å². The molecule has 1 aliphatic heterocycles. The van der Waals surface area contributed by atoms with E-state index in [4.69, 9.17) is 24.9 Å². The molecule has 0 saturated carbocycles. The van der Waals surface area contributed by atoms with Gasteiger partial charge < -0.3 is 19.0 Å². The Labute approximate surface area is 217 Å². The Morgan fingerprint density at radius 3 is 2.11 bits per heavy atom. The molecule has 1 fully saturated rings. The highest BCUT2D eigenvalue weighted by Gasteiger charge is 2.63. The molecule has 0 aliphatic carbocycles. The number of methoxy groups -OCH3 is 1. The van der Waals surface area contributed by atoms with Crippen LogP contribution in [0.3, 0.4) is 0 Å². The molecular weight excluding hydrogens is 490 g/mol. The van der Waals surface area contributed by atoms with Crippen molar-refractivity contribution in [2.45, 2.75) is 57.0 Å². The second-order valence-corrected chi connectivity index (χ2v) is 13.3. The van der Waals surface area contributed by atoms with Gasteiger partial charge in [-0.3, -0.25) is 14.3 Å². The third-order valence-electron chi connectivity index (χ3n) is 6.59. The summed E-state index contributed by atoms with van der Waals surface area (Å²) in [6.45, 7) is 7.51. The number of rotatable bonds is 8. The average Bonchev–Trinajstić information content (AvgIpc) is 3.14. The fraction of sp³-hybridized carbons (Fsp3) is 0.407. The highest BCUT2D eigenvalue weighted by molar-refractivity contribution is 6.86. The first kappa shape index (κ1) is 27.2. The van der Waals surface area contributed by atoms with Crippen LogP contribution < -0.4 is 27.5 Å². The van der Waals surface area contributed by atoms with Crippen molar-refractivity contribution in [3.05, 3.63) is 93.3 Å². The van der Waals surface area contributed by atoms with Crippen molar-refractivity contribution in [2.24, 2.45) is 5.90 Å². The van der Waals surface area contributed by atoms with Crippen LogP contribution in [0, 0.1) is 6.92 Å². The summed E-state index contributed by atoms with van der Waals surface area (Å²) >= 11 is 0. The number of benzene rings is 2. The Hall–Kier alpha value is -2.86. The van der Waals surface area contributed by atoms with E-state index in [1.54, 1.807) is 20.2 Å². The van der Waals surface area contributed by atoms with Crippen molar-refractivity contribution in [1.29, 1.82) is 0 Å². The molecule has 0 spiro atoms. The van der Waals surface area contributed by atoms with Gasteiger partial charge in [-0.15, -0.1) is 0 Å². The molecule has 1 aromatic heterocycles. The number of nitrogens with two attached hydrogens (primary N) is 1. The van der Waals surface area contributed by atoms with Gasteiger partial charge in [-0.2, -0.15) is 0 Å². The Morgan fingerprint density at radius 1 is 1.05 bits per heavy atom. The molecule has 4 atom stereocenters. The van der Waals surface area contributed by atoms with Gasteiger partial charge in [-0.1, -0.05) is 71.0 Å². The predicted octanol–water partition coefficient (Wildman–Crippen LogP) is 0.566. The molecule has 0 amide bonds. The monoisotopic (exact) mass is 525 g/mol. The lowest BCUT2D eigenvalue weighted by atomic mass is 10.1. The molecule has 2 aromatic carbocycles. The quantitative estimate of drug-likeness (QED) is 0.326. The van der Waals surface area contributed by atoms with Crippen molar-refractivity contribution in [3.63, 3.8) is 0 Å². The summed E-state index contributed by atoms with van der Waals surface area (Å²) in [5, 5.41) is 0.702. The number of aromatic amines is 1. The number of aromatic nitrogens is 2. The second-order valence-electron chi connectivity index (χ2n) is 10.3. The van der Waals surface area contributed by atoms with Crippen LogP contribution in [0.4, 0.5) is 0 Å². The van der Waals surface area contributed by atoms with Crippen LogP contribution in [0.15, 0.2) is 76.4 Å². The molecular formula is C27H35N3O6Si. The van der Waals surface area contributed by atoms with E-state index in [0.717, 1.165) is 10.4 Å². The van der Waals surface area contributed by atoms with Gasteiger partial charge in [0, 0.05) is 18.9 Å². The average molecular weight is 526 g/mol. The maximum Gasteiger partial charge on any atom is 0.330 e. The fourth-order valence-corrected chi connectivity index (χ4v) is 9.22. The summed E-state index contributed by atoms with van der Waals surface area (Å²) in [4.78, 5) is 33.5. The molecule has 3 aromatic rings. The summed E-state index contributed by atoms with van der Waals surface area (Å²) in [7, 11) is -0.976. The summed E-state index contributed by atoms with van der Waals surface area (Å²) in [5.41, 5.74) is -1.23. The Morgan fingerprint density at radius 2 is 1.62 bits per heavy atom. The first-order valence-electron chi connectivity index (χ1n) is 12.3. The minimum atomic E-state index is -2.56. The molecule has 37 heavy (non-hydrogen) atoms. The van der Waals surface area contributed by atoms with Crippen LogP contribution in [0.1, 0.15) is 26.3 Å². The third kappa shape index (κ3) is 5.26. The first-order chi connectivity index (χ1) is 17.6. The van der Waals surface area contributed by atoms with Gasteiger partial charge >= 0.3 is 5.69 Å². The SMILES string of the molecule is CO[C@@H]1[C@H](OC(C)(C)C)[C@@H](CON)O[C@]1(n1cc(C)c(=O)[nH]c1=O)[SiH](c1ccccc1)c1ccccc1. The van der Waals surface area contributed by atoms with Gasteiger partial charge in [-0.05, 0) is 27.7 Å². The normalized spacial score (nSPS) is 24.0. The Bertz CT molecular complexity index is 1270. The lowest BCUT2D eigenvalue weighted by molar-refractivity contribution is -0.129. The molecule has 0 bridgehead atoms. The molecule has 198 valence electrons. The van der Waals surface area contributed by atoms with Crippen molar-refractivity contribution in [3.8, 4) is 0 Å². The summed E-state index contributed by atoms with van der Waals surface area (Å²) in [6.07, 6.45) is -0.475. The van der Waals surface area contributed by atoms with Gasteiger partial charge in [0.05, 0.1) is 12.2 Å². The Kier molecular flexibility index (Phi) is 7.98. The highest BCUT2D eigenvalue weighted by atomic mass is 28.3. The molecule has 0 unspecified atom stereocenters. The van der Waals surface area contributed by atoms with Crippen LogP contribution in [0.2, 0.25) is 0 Å². The van der Waals surface area contributed by atoms with Gasteiger partial charge in [0.2, 0.25) is 0 Å². The van der Waals surface area contributed by atoms with Crippen molar-refractivity contribution in [1.82, 2.24) is 9.55 Å². The fourth-order valence-electron chi connectivity index (χ4n) is 5.23. The van der Waals surface area contributed by atoms with E-state index in [2.05, 4.69) is 4.98 Å². The molecule has 1 saturated heterocycles. The molecule has 10 heteroatoms. The number of hydrogen-bond acceptors (Lipinski definition) is 7. The zero-order valence-corrected chi connectivity index (χ0v) is 23.0. The van der Waals surface area contributed by atoms with E-state index in [1.807, 2.05) is 81.4 Å². The molecule has 9 nitrogen and oxygen atoms in total. The van der Waals surface area contributed by atoms with Gasteiger partial charge in [0.15, 0.2) is 14.1 Å². The number of hydrogen-bond donors (Lipinski definition) is 2. The molecule has 0 radical (unpaired) electrons. The molecule has 3 N–H and O–H groups in total. The largest absolute Gasteiger partial charge is 0.374 e. The van der Waals surface area contributed by atoms with Crippen LogP contribution in [-0.4, -0.2) is 56.0 Å². The maximum atomic E-state index is 13.6. The first-order valence-corrected chi connectivity index (χ1v) is 14.0. The van der Waals surface area contributed by atoms with Crippen LogP contribution in [-0.2, 0) is 24.4 Å². The zero-order chi connectivity index (χ0) is 26.8. The minimum Gasteiger partial charge on any atom is -0.374 e. The summed E-state index contributed by atoms with van der Waals surface area (Å²) < 4.78 is 21.1. The van der Waals surface area contributed by atoms with Gasteiger partial charge in [-0.25, -0.2) is 10.7 Å². The van der Waals surface area contributed by atoms with Gasteiger partial charge in [0.1, 0.15) is 18.3 Å². The number of nitrogens with zero attached hydrogens (tertiary/aromatic N) is 1.